The van der Waals surface area contributed by atoms with Crippen LogP contribution in [-0.2, 0) is 16.0 Å². The van der Waals surface area contributed by atoms with Crippen LogP contribution < -0.4 is 10.1 Å². The number of rotatable bonds is 6. The van der Waals surface area contributed by atoms with Crippen LogP contribution in [0.3, 0.4) is 0 Å². The van der Waals surface area contributed by atoms with E-state index in [1.54, 1.807) is 17.0 Å². The zero-order valence-corrected chi connectivity index (χ0v) is 15.7. The summed E-state index contributed by atoms with van der Waals surface area (Å²) in [4.78, 5) is 25.4. The second-order valence-corrected chi connectivity index (χ2v) is 6.98. The lowest BCUT2D eigenvalue weighted by atomic mass is 10.1. The number of carbonyl (C=O) groups excluding carboxylic acids is 2. The van der Waals surface area contributed by atoms with Crippen molar-refractivity contribution in [2.45, 2.75) is 12.5 Å². The molecule has 0 aromatic heterocycles. The molecule has 1 aliphatic heterocycles. The molecule has 2 amide bonds. The predicted octanol–water partition coefficient (Wildman–Crippen LogP) is 3.41. The van der Waals surface area contributed by atoms with E-state index < -0.39 is 0 Å². The van der Waals surface area contributed by atoms with Crippen LogP contribution in [0.25, 0.3) is 0 Å². The van der Waals surface area contributed by atoms with E-state index in [0.717, 1.165) is 15.8 Å². The average Bonchev–Trinajstić information content (AvgIpc) is 2.60. The first-order valence-electron chi connectivity index (χ1n) is 8.26. The van der Waals surface area contributed by atoms with Crippen LogP contribution in [0.4, 0.5) is 5.69 Å². The van der Waals surface area contributed by atoms with Gasteiger partial charge >= 0.3 is 0 Å². The molecule has 0 spiro atoms. The fourth-order valence-corrected chi connectivity index (χ4v) is 2.87. The summed E-state index contributed by atoms with van der Waals surface area (Å²) in [7, 11) is 0. The second-order valence-electron chi connectivity index (χ2n) is 6.06. The molecule has 6 heteroatoms. The van der Waals surface area contributed by atoms with Gasteiger partial charge in [0.2, 0.25) is 11.8 Å². The Kier molecular flexibility index (Phi) is 5.73. The van der Waals surface area contributed by atoms with Crippen LogP contribution in [-0.4, -0.2) is 35.9 Å². The van der Waals surface area contributed by atoms with Crippen molar-refractivity contribution in [2.24, 2.45) is 0 Å². The fourth-order valence-electron chi connectivity index (χ4n) is 2.61. The Morgan fingerprint density at radius 2 is 1.81 bits per heavy atom. The van der Waals surface area contributed by atoms with E-state index in [-0.39, 0.29) is 17.9 Å². The van der Waals surface area contributed by atoms with Gasteiger partial charge in [0.15, 0.2) is 0 Å². The highest BCUT2D eigenvalue weighted by molar-refractivity contribution is 9.10. The lowest BCUT2D eigenvalue weighted by Crippen LogP contribution is -2.56. The molecule has 2 aromatic carbocycles. The summed E-state index contributed by atoms with van der Waals surface area (Å²) in [5, 5.41) is 2.68. The molecule has 0 aliphatic carbocycles. The Balaban J connectivity index is 1.45. The molecule has 3 rings (SSSR count). The highest BCUT2D eigenvalue weighted by Gasteiger charge is 2.32. The Labute approximate surface area is 160 Å². The Morgan fingerprint density at radius 3 is 2.42 bits per heavy atom. The van der Waals surface area contributed by atoms with Crippen LogP contribution in [0.15, 0.2) is 65.7 Å². The van der Waals surface area contributed by atoms with Crippen molar-refractivity contribution in [1.29, 1.82) is 0 Å². The molecule has 2 aromatic rings. The number of hydrogen-bond donors (Lipinski definition) is 1. The number of anilines is 1. The normalized spacial score (nSPS) is 13.7. The van der Waals surface area contributed by atoms with Crippen LogP contribution in [0.1, 0.15) is 5.56 Å². The standard InChI is InChI=1S/C20H19BrN2O3/c1-2-19(24)22-16-7-3-14(4-8-16)11-20(25)23-12-18(13-23)26-17-9-5-15(21)6-10-17/h2-10,18H,1,11-13H2,(H,22,24). The molecule has 134 valence electrons. The molecular weight excluding hydrogens is 396 g/mol. The molecule has 5 nitrogen and oxygen atoms in total. The Hall–Kier alpha value is -2.60. The van der Waals surface area contributed by atoms with Gasteiger partial charge in [0.1, 0.15) is 11.9 Å². The molecule has 0 saturated carbocycles. The topological polar surface area (TPSA) is 58.6 Å². The number of ether oxygens (including phenoxy) is 1. The van der Waals surface area contributed by atoms with Crippen molar-refractivity contribution >= 4 is 33.4 Å². The first kappa shape index (κ1) is 18.2. The van der Waals surface area contributed by atoms with Gasteiger partial charge in [-0.15, -0.1) is 0 Å². The minimum absolute atomic E-state index is 0.0385. The summed E-state index contributed by atoms with van der Waals surface area (Å²) in [5.41, 5.74) is 1.59. The number of amides is 2. The lowest BCUT2D eigenvalue weighted by Gasteiger charge is -2.39. The van der Waals surface area contributed by atoms with Gasteiger partial charge in [-0.05, 0) is 48.0 Å². The van der Waals surface area contributed by atoms with Gasteiger partial charge in [0, 0.05) is 10.2 Å². The van der Waals surface area contributed by atoms with Crippen molar-refractivity contribution in [3.05, 3.63) is 71.2 Å². The van der Waals surface area contributed by atoms with Gasteiger partial charge in [-0.25, -0.2) is 0 Å². The van der Waals surface area contributed by atoms with Gasteiger partial charge in [-0.1, -0.05) is 34.6 Å². The molecule has 1 N–H and O–H groups in total. The molecule has 26 heavy (non-hydrogen) atoms. The number of nitrogens with one attached hydrogen (secondary N) is 1. The minimum atomic E-state index is -0.258. The summed E-state index contributed by atoms with van der Waals surface area (Å²) in [5.74, 6) is 0.622. The third-order valence-electron chi connectivity index (χ3n) is 4.08. The number of nitrogens with zero attached hydrogens (tertiary/aromatic N) is 1. The smallest absolute Gasteiger partial charge is 0.247 e. The van der Waals surface area contributed by atoms with Crippen molar-refractivity contribution in [3.8, 4) is 5.75 Å². The van der Waals surface area contributed by atoms with E-state index in [1.807, 2.05) is 36.4 Å². The summed E-state index contributed by atoms with van der Waals surface area (Å²) in [6.07, 6.45) is 1.59. The number of hydrogen-bond acceptors (Lipinski definition) is 3. The molecule has 0 radical (unpaired) electrons. The van der Waals surface area contributed by atoms with E-state index in [2.05, 4.69) is 27.8 Å². The van der Waals surface area contributed by atoms with E-state index >= 15 is 0 Å². The third kappa shape index (κ3) is 4.73. The Morgan fingerprint density at radius 1 is 1.15 bits per heavy atom. The van der Waals surface area contributed by atoms with Crippen LogP contribution >= 0.6 is 15.9 Å². The Bertz CT molecular complexity index is 797. The van der Waals surface area contributed by atoms with E-state index in [4.69, 9.17) is 4.74 Å². The average molecular weight is 415 g/mol. The van der Waals surface area contributed by atoms with Gasteiger partial charge in [-0.2, -0.15) is 0 Å². The maximum absolute atomic E-state index is 12.3. The summed E-state index contributed by atoms with van der Waals surface area (Å²) >= 11 is 3.39. The fraction of sp³-hybridized carbons (Fsp3) is 0.200. The maximum atomic E-state index is 12.3. The molecule has 1 heterocycles. The SMILES string of the molecule is C=CC(=O)Nc1ccc(CC(=O)N2CC(Oc3ccc(Br)cc3)C2)cc1. The van der Waals surface area contributed by atoms with Crippen molar-refractivity contribution in [2.75, 3.05) is 18.4 Å². The van der Waals surface area contributed by atoms with Gasteiger partial charge in [0.25, 0.3) is 0 Å². The molecule has 1 saturated heterocycles. The summed E-state index contributed by atoms with van der Waals surface area (Å²) in [6.45, 7) is 4.61. The monoisotopic (exact) mass is 414 g/mol. The first-order chi connectivity index (χ1) is 12.5. The number of benzene rings is 2. The predicted molar refractivity (Wildman–Crippen MR) is 104 cm³/mol. The number of likely N-dealkylation sites (tertiary alicyclic amines) is 1. The van der Waals surface area contributed by atoms with Crippen LogP contribution in [0, 0.1) is 0 Å². The zero-order valence-electron chi connectivity index (χ0n) is 14.2. The summed E-state index contributed by atoms with van der Waals surface area (Å²) in [6, 6.07) is 14.9. The first-order valence-corrected chi connectivity index (χ1v) is 9.05. The largest absolute Gasteiger partial charge is 0.487 e. The molecule has 1 aliphatic rings. The van der Waals surface area contributed by atoms with Gasteiger partial charge in [-0.3, -0.25) is 9.59 Å². The maximum Gasteiger partial charge on any atom is 0.247 e. The van der Waals surface area contributed by atoms with Crippen molar-refractivity contribution in [3.63, 3.8) is 0 Å². The van der Waals surface area contributed by atoms with E-state index in [1.165, 1.54) is 6.08 Å². The lowest BCUT2D eigenvalue weighted by molar-refractivity contribution is -0.139. The second kappa shape index (κ2) is 8.19. The molecule has 0 bridgehead atoms. The van der Waals surface area contributed by atoms with Gasteiger partial charge < -0.3 is 15.0 Å². The third-order valence-corrected chi connectivity index (χ3v) is 4.61. The number of halogens is 1. The zero-order chi connectivity index (χ0) is 18.5. The molecule has 1 fully saturated rings. The molecule has 0 unspecified atom stereocenters. The quantitative estimate of drug-likeness (QED) is 0.736. The number of carbonyl (C=O) groups is 2. The minimum Gasteiger partial charge on any atom is -0.487 e. The highest BCUT2D eigenvalue weighted by atomic mass is 79.9. The highest BCUT2D eigenvalue weighted by Crippen LogP contribution is 2.21. The molecule has 0 atom stereocenters. The summed E-state index contributed by atoms with van der Waals surface area (Å²) < 4.78 is 6.84. The van der Waals surface area contributed by atoms with E-state index in [9.17, 15) is 9.59 Å². The van der Waals surface area contributed by atoms with Crippen LogP contribution in [0.5, 0.6) is 5.75 Å². The molecular formula is C20H19BrN2O3. The van der Waals surface area contributed by atoms with Crippen molar-refractivity contribution in [1.82, 2.24) is 4.90 Å². The van der Waals surface area contributed by atoms with Crippen LogP contribution in [0.2, 0.25) is 0 Å². The van der Waals surface area contributed by atoms with Gasteiger partial charge in [0.05, 0.1) is 19.5 Å². The van der Waals surface area contributed by atoms with Crippen molar-refractivity contribution < 1.29 is 14.3 Å². The van der Waals surface area contributed by atoms with E-state index in [0.29, 0.717) is 25.2 Å².